The fourth-order valence-electron chi connectivity index (χ4n) is 1.43. The molecule has 4 heteroatoms. The SMILES string of the molecule is CCC(C[N+](=O)[O-])c1ccccc1Cl. The summed E-state index contributed by atoms with van der Waals surface area (Å²) in [6.45, 7) is 1.87. The Morgan fingerprint density at radius 2 is 2.14 bits per heavy atom. The molecular formula is C10H12ClNO2. The van der Waals surface area contributed by atoms with Crippen LogP contribution in [0.15, 0.2) is 24.3 Å². The fourth-order valence-corrected chi connectivity index (χ4v) is 1.72. The molecule has 1 aromatic carbocycles. The van der Waals surface area contributed by atoms with E-state index in [2.05, 4.69) is 0 Å². The van der Waals surface area contributed by atoms with Gasteiger partial charge in [-0.3, -0.25) is 10.1 Å². The summed E-state index contributed by atoms with van der Waals surface area (Å²) in [6, 6.07) is 7.29. The number of halogens is 1. The number of benzene rings is 1. The summed E-state index contributed by atoms with van der Waals surface area (Å²) in [6.07, 6.45) is 0.727. The Kier molecular flexibility index (Phi) is 3.89. The minimum atomic E-state index is -0.294. The topological polar surface area (TPSA) is 43.1 Å². The Bertz CT molecular complexity index is 328. The molecule has 0 aliphatic heterocycles. The molecule has 1 aromatic rings. The third-order valence-corrected chi connectivity index (χ3v) is 2.55. The highest BCUT2D eigenvalue weighted by atomic mass is 35.5. The highest BCUT2D eigenvalue weighted by Gasteiger charge is 2.17. The maximum atomic E-state index is 10.4. The van der Waals surface area contributed by atoms with Gasteiger partial charge in [-0.05, 0) is 18.1 Å². The minimum Gasteiger partial charge on any atom is -0.265 e. The van der Waals surface area contributed by atoms with Gasteiger partial charge in [0.05, 0.1) is 0 Å². The largest absolute Gasteiger partial charge is 0.265 e. The number of nitrogens with zero attached hydrogens (tertiary/aromatic N) is 1. The summed E-state index contributed by atoms with van der Waals surface area (Å²) >= 11 is 5.96. The average Bonchev–Trinajstić information content (AvgIpc) is 2.15. The first-order chi connectivity index (χ1) is 6.65. The van der Waals surface area contributed by atoms with Crippen LogP contribution < -0.4 is 0 Å². The minimum absolute atomic E-state index is 0.0553. The molecule has 0 radical (unpaired) electrons. The summed E-state index contributed by atoms with van der Waals surface area (Å²) in [5.74, 6) is -0.0845. The van der Waals surface area contributed by atoms with E-state index in [9.17, 15) is 10.1 Å². The van der Waals surface area contributed by atoms with Crippen LogP contribution in [0.1, 0.15) is 24.8 Å². The lowest BCUT2D eigenvalue weighted by atomic mass is 9.97. The van der Waals surface area contributed by atoms with Gasteiger partial charge in [0.15, 0.2) is 0 Å². The Hall–Kier alpha value is -1.09. The van der Waals surface area contributed by atoms with Gasteiger partial charge < -0.3 is 0 Å². The summed E-state index contributed by atoms with van der Waals surface area (Å²) in [4.78, 5) is 10.1. The van der Waals surface area contributed by atoms with Crippen molar-refractivity contribution in [1.29, 1.82) is 0 Å². The third kappa shape index (κ3) is 2.70. The van der Waals surface area contributed by atoms with E-state index >= 15 is 0 Å². The van der Waals surface area contributed by atoms with Crippen molar-refractivity contribution in [2.24, 2.45) is 0 Å². The van der Waals surface area contributed by atoms with Gasteiger partial charge in [-0.1, -0.05) is 36.7 Å². The van der Waals surface area contributed by atoms with Gasteiger partial charge >= 0.3 is 0 Å². The van der Waals surface area contributed by atoms with Crippen LogP contribution in [0.2, 0.25) is 5.02 Å². The molecule has 1 rings (SSSR count). The van der Waals surface area contributed by atoms with Gasteiger partial charge in [0.25, 0.3) is 0 Å². The van der Waals surface area contributed by atoms with E-state index in [4.69, 9.17) is 11.6 Å². The lowest BCUT2D eigenvalue weighted by Gasteiger charge is -2.11. The number of nitro groups is 1. The lowest BCUT2D eigenvalue weighted by molar-refractivity contribution is -0.483. The molecule has 0 saturated heterocycles. The molecule has 14 heavy (non-hydrogen) atoms. The van der Waals surface area contributed by atoms with Crippen molar-refractivity contribution in [2.75, 3.05) is 6.54 Å². The predicted molar refractivity (Wildman–Crippen MR) is 56.3 cm³/mol. The normalized spacial score (nSPS) is 12.4. The second-order valence-corrected chi connectivity index (χ2v) is 3.55. The molecular weight excluding hydrogens is 202 g/mol. The first-order valence-electron chi connectivity index (χ1n) is 4.51. The smallest absolute Gasteiger partial charge is 0.210 e. The van der Waals surface area contributed by atoms with Crippen LogP contribution in [0, 0.1) is 10.1 Å². The second-order valence-electron chi connectivity index (χ2n) is 3.14. The van der Waals surface area contributed by atoms with E-state index < -0.39 is 0 Å². The van der Waals surface area contributed by atoms with Gasteiger partial charge in [-0.2, -0.15) is 0 Å². The molecule has 0 aliphatic rings. The van der Waals surface area contributed by atoms with Crippen LogP contribution in [0.3, 0.4) is 0 Å². The van der Waals surface area contributed by atoms with Crippen LogP contribution in [0.25, 0.3) is 0 Å². The van der Waals surface area contributed by atoms with E-state index in [0.717, 1.165) is 12.0 Å². The molecule has 0 spiro atoms. The molecule has 0 fully saturated rings. The first kappa shape index (κ1) is 11.0. The van der Waals surface area contributed by atoms with Crippen molar-refractivity contribution >= 4 is 11.6 Å². The summed E-state index contributed by atoms with van der Waals surface area (Å²) in [5, 5.41) is 11.0. The van der Waals surface area contributed by atoms with Crippen LogP contribution >= 0.6 is 11.6 Å². The zero-order chi connectivity index (χ0) is 10.6. The molecule has 0 amide bonds. The second kappa shape index (κ2) is 4.96. The zero-order valence-corrected chi connectivity index (χ0v) is 8.70. The third-order valence-electron chi connectivity index (χ3n) is 2.21. The monoisotopic (exact) mass is 213 g/mol. The highest BCUT2D eigenvalue weighted by molar-refractivity contribution is 6.31. The first-order valence-corrected chi connectivity index (χ1v) is 4.89. The van der Waals surface area contributed by atoms with Crippen molar-refractivity contribution in [3.8, 4) is 0 Å². The molecule has 1 atom stereocenters. The zero-order valence-electron chi connectivity index (χ0n) is 7.94. The quantitative estimate of drug-likeness (QED) is 0.570. The molecule has 0 bridgehead atoms. The molecule has 0 N–H and O–H groups in total. The Morgan fingerprint density at radius 3 is 2.64 bits per heavy atom. The van der Waals surface area contributed by atoms with Crippen LogP contribution in [-0.2, 0) is 0 Å². The van der Waals surface area contributed by atoms with Crippen molar-refractivity contribution in [3.05, 3.63) is 45.0 Å². The molecule has 76 valence electrons. The van der Waals surface area contributed by atoms with Crippen molar-refractivity contribution in [2.45, 2.75) is 19.3 Å². The van der Waals surface area contributed by atoms with Gasteiger partial charge in [-0.25, -0.2) is 0 Å². The lowest BCUT2D eigenvalue weighted by Crippen LogP contribution is -2.12. The van der Waals surface area contributed by atoms with Gasteiger partial charge in [-0.15, -0.1) is 0 Å². The maximum Gasteiger partial charge on any atom is 0.210 e. The molecule has 0 heterocycles. The fraction of sp³-hybridized carbons (Fsp3) is 0.400. The number of hydrogen-bond acceptors (Lipinski definition) is 2. The van der Waals surface area contributed by atoms with Gasteiger partial charge in [0, 0.05) is 15.9 Å². The molecule has 0 aliphatic carbocycles. The van der Waals surface area contributed by atoms with E-state index in [1.165, 1.54) is 0 Å². The standard InChI is InChI=1S/C10H12ClNO2/c1-2-8(7-12(13)14)9-5-3-4-6-10(9)11/h3-6,8H,2,7H2,1H3. The van der Waals surface area contributed by atoms with Crippen molar-refractivity contribution < 1.29 is 4.92 Å². The molecule has 0 aromatic heterocycles. The van der Waals surface area contributed by atoms with Gasteiger partial charge in [0.2, 0.25) is 6.54 Å². The van der Waals surface area contributed by atoms with E-state index in [1.54, 1.807) is 6.07 Å². The Balaban J connectivity index is 2.89. The molecule has 3 nitrogen and oxygen atoms in total. The average molecular weight is 214 g/mol. The Morgan fingerprint density at radius 1 is 1.50 bits per heavy atom. The number of hydrogen-bond donors (Lipinski definition) is 0. The molecule has 0 saturated carbocycles. The summed E-state index contributed by atoms with van der Waals surface area (Å²) in [5.41, 5.74) is 0.869. The highest BCUT2D eigenvalue weighted by Crippen LogP contribution is 2.26. The van der Waals surface area contributed by atoms with Gasteiger partial charge in [0.1, 0.15) is 0 Å². The van der Waals surface area contributed by atoms with E-state index in [-0.39, 0.29) is 17.4 Å². The summed E-state index contributed by atoms with van der Waals surface area (Å²) in [7, 11) is 0. The van der Waals surface area contributed by atoms with Crippen LogP contribution in [0.4, 0.5) is 0 Å². The van der Waals surface area contributed by atoms with Crippen molar-refractivity contribution in [3.63, 3.8) is 0 Å². The predicted octanol–water partition coefficient (Wildman–Crippen LogP) is 3.11. The van der Waals surface area contributed by atoms with Crippen LogP contribution in [0.5, 0.6) is 0 Å². The summed E-state index contributed by atoms with van der Waals surface area (Å²) < 4.78 is 0. The van der Waals surface area contributed by atoms with Crippen LogP contribution in [-0.4, -0.2) is 11.5 Å². The van der Waals surface area contributed by atoms with Crippen molar-refractivity contribution in [1.82, 2.24) is 0 Å². The molecule has 1 unspecified atom stereocenters. The van der Waals surface area contributed by atoms with E-state index in [0.29, 0.717) is 5.02 Å². The maximum absolute atomic E-state index is 10.4. The van der Waals surface area contributed by atoms with E-state index in [1.807, 2.05) is 25.1 Å². The Labute approximate surface area is 87.8 Å². The number of rotatable bonds is 4.